The van der Waals surface area contributed by atoms with Crippen molar-refractivity contribution in [1.82, 2.24) is 9.80 Å². The molecule has 0 bridgehead atoms. The Bertz CT molecular complexity index is 1060. The number of benzene rings is 2. The van der Waals surface area contributed by atoms with Crippen LogP contribution in [0.1, 0.15) is 38.8 Å². The Morgan fingerprint density at radius 3 is 2.53 bits per heavy atom. The lowest BCUT2D eigenvalue weighted by molar-refractivity contribution is 0.0633. The van der Waals surface area contributed by atoms with Crippen LogP contribution in [0.25, 0.3) is 6.08 Å². The molecule has 5 heteroatoms. The molecule has 0 aliphatic carbocycles. The molecule has 166 valence electrons. The van der Waals surface area contributed by atoms with Gasteiger partial charge in [-0.15, -0.1) is 11.3 Å². The molecular formula is C27H30N2O2S. The third-order valence-corrected chi connectivity index (χ3v) is 6.68. The highest BCUT2D eigenvalue weighted by Crippen LogP contribution is 2.23. The van der Waals surface area contributed by atoms with E-state index >= 15 is 0 Å². The van der Waals surface area contributed by atoms with Crippen LogP contribution in [0.2, 0.25) is 0 Å². The number of aryl methyl sites for hydroxylation is 1. The summed E-state index contributed by atoms with van der Waals surface area (Å²) in [6.07, 6.45) is 4.04. The van der Waals surface area contributed by atoms with Crippen LogP contribution in [0.3, 0.4) is 0 Å². The van der Waals surface area contributed by atoms with Gasteiger partial charge in [-0.2, -0.15) is 0 Å². The van der Waals surface area contributed by atoms with Gasteiger partial charge in [0.1, 0.15) is 12.4 Å². The van der Waals surface area contributed by atoms with Crippen LogP contribution in [0.15, 0.2) is 66.1 Å². The van der Waals surface area contributed by atoms with Crippen LogP contribution in [0.5, 0.6) is 5.75 Å². The largest absolute Gasteiger partial charge is 0.488 e. The van der Waals surface area contributed by atoms with Gasteiger partial charge in [0.25, 0.3) is 5.91 Å². The first-order chi connectivity index (χ1) is 15.6. The predicted molar refractivity (Wildman–Crippen MR) is 132 cm³/mol. The monoisotopic (exact) mass is 446 g/mol. The maximum atomic E-state index is 13.0. The average molecular weight is 447 g/mol. The Hall–Kier alpha value is -2.89. The molecule has 0 radical (unpaired) electrons. The standard InChI is InChI=1S/C27H30N2O2S/c1-3-6-24-7-4-5-8-25(24)31-19-23-17-26(32-20-23)27(30)29-15-13-28(14-16-29)18-22-11-9-21(2)10-12-22/h3-12,17,20H,13-16,18-19H2,1-2H3/b6-3+. The normalized spacial score (nSPS) is 14.8. The lowest BCUT2D eigenvalue weighted by atomic mass is 10.1. The van der Waals surface area contributed by atoms with Gasteiger partial charge in [-0.05, 0) is 36.9 Å². The number of ether oxygens (including phenoxy) is 1. The first kappa shape index (κ1) is 22.3. The molecule has 0 N–H and O–H groups in total. The van der Waals surface area contributed by atoms with Crippen LogP contribution < -0.4 is 4.74 Å². The minimum atomic E-state index is 0.130. The van der Waals surface area contributed by atoms with Gasteiger partial charge < -0.3 is 9.64 Å². The number of rotatable bonds is 7. The van der Waals surface area contributed by atoms with Crippen molar-refractivity contribution in [2.45, 2.75) is 27.0 Å². The lowest BCUT2D eigenvalue weighted by Gasteiger charge is -2.34. The molecule has 4 nitrogen and oxygen atoms in total. The van der Waals surface area contributed by atoms with E-state index in [0.29, 0.717) is 6.61 Å². The third kappa shape index (κ3) is 5.67. The van der Waals surface area contributed by atoms with E-state index in [4.69, 9.17) is 4.74 Å². The first-order valence-electron chi connectivity index (χ1n) is 11.1. The molecule has 0 saturated carbocycles. The number of hydrogen-bond donors (Lipinski definition) is 0. The van der Waals surface area contributed by atoms with Crippen molar-refractivity contribution in [2.24, 2.45) is 0 Å². The minimum Gasteiger partial charge on any atom is -0.488 e. The van der Waals surface area contributed by atoms with E-state index in [1.165, 1.54) is 22.5 Å². The Labute approximate surface area is 194 Å². The summed E-state index contributed by atoms with van der Waals surface area (Å²) in [5.41, 5.74) is 4.71. The second-order valence-electron chi connectivity index (χ2n) is 8.20. The van der Waals surface area contributed by atoms with Gasteiger partial charge in [0.2, 0.25) is 0 Å². The molecule has 1 aromatic heterocycles. The number of amides is 1. The van der Waals surface area contributed by atoms with Crippen molar-refractivity contribution in [3.63, 3.8) is 0 Å². The molecule has 32 heavy (non-hydrogen) atoms. The summed E-state index contributed by atoms with van der Waals surface area (Å²) >= 11 is 1.51. The molecular weight excluding hydrogens is 416 g/mol. The summed E-state index contributed by atoms with van der Waals surface area (Å²) in [6.45, 7) is 8.86. The second-order valence-corrected chi connectivity index (χ2v) is 9.11. The van der Waals surface area contributed by atoms with E-state index < -0.39 is 0 Å². The molecule has 0 atom stereocenters. The van der Waals surface area contributed by atoms with Crippen molar-refractivity contribution in [1.29, 1.82) is 0 Å². The van der Waals surface area contributed by atoms with Crippen molar-refractivity contribution in [3.8, 4) is 5.75 Å². The van der Waals surface area contributed by atoms with Gasteiger partial charge in [-0.1, -0.05) is 60.2 Å². The lowest BCUT2D eigenvalue weighted by Crippen LogP contribution is -2.48. The van der Waals surface area contributed by atoms with Crippen molar-refractivity contribution < 1.29 is 9.53 Å². The zero-order chi connectivity index (χ0) is 22.3. The maximum Gasteiger partial charge on any atom is 0.264 e. The number of piperazine rings is 1. The van der Waals surface area contributed by atoms with Crippen LogP contribution in [-0.4, -0.2) is 41.9 Å². The first-order valence-corrected chi connectivity index (χ1v) is 12.0. The fourth-order valence-corrected chi connectivity index (χ4v) is 4.73. The van der Waals surface area contributed by atoms with Crippen molar-refractivity contribution in [2.75, 3.05) is 26.2 Å². The van der Waals surface area contributed by atoms with E-state index in [2.05, 4.69) is 36.1 Å². The number of thiophene rings is 1. The molecule has 4 rings (SSSR count). The van der Waals surface area contributed by atoms with E-state index in [-0.39, 0.29) is 5.91 Å². The number of nitrogens with zero attached hydrogens (tertiary/aromatic N) is 2. The molecule has 1 aliphatic heterocycles. The molecule has 2 heterocycles. The summed E-state index contributed by atoms with van der Waals surface area (Å²) in [4.78, 5) is 18.2. The summed E-state index contributed by atoms with van der Waals surface area (Å²) in [5, 5.41) is 2.03. The molecule has 3 aromatic rings. The van der Waals surface area contributed by atoms with Gasteiger partial charge in [-0.3, -0.25) is 9.69 Å². The highest BCUT2D eigenvalue weighted by molar-refractivity contribution is 7.12. The van der Waals surface area contributed by atoms with Crippen LogP contribution in [0, 0.1) is 6.92 Å². The summed E-state index contributed by atoms with van der Waals surface area (Å²) < 4.78 is 6.02. The topological polar surface area (TPSA) is 32.8 Å². The fraction of sp³-hybridized carbons (Fsp3) is 0.296. The van der Waals surface area contributed by atoms with Crippen molar-refractivity contribution >= 4 is 23.3 Å². The minimum absolute atomic E-state index is 0.130. The Morgan fingerprint density at radius 1 is 1.03 bits per heavy atom. The summed E-state index contributed by atoms with van der Waals surface area (Å²) in [7, 11) is 0. The Balaban J connectivity index is 1.29. The average Bonchev–Trinajstić information content (AvgIpc) is 3.29. The molecule has 0 spiro atoms. The second kappa shape index (κ2) is 10.6. The molecule has 1 fully saturated rings. The van der Waals surface area contributed by atoms with E-state index in [0.717, 1.165) is 54.5 Å². The van der Waals surface area contributed by atoms with Gasteiger partial charge in [0.15, 0.2) is 0 Å². The SMILES string of the molecule is C/C=C/c1ccccc1OCc1csc(C(=O)N2CCN(Cc3ccc(C)cc3)CC2)c1. The molecule has 2 aromatic carbocycles. The van der Waals surface area contributed by atoms with Gasteiger partial charge in [0, 0.05) is 43.9 Å². The molecule has 1 amide bonds. The quantitative estimate of drug-likeness (QED) is 0.472. The van der Waals surface area contributed by atoms with E-state index in [9.17, 15) is 4.79 Å². The third-order valence-electron chi connectivity index (χ3n) is 5.71. The smallest absolute Gasteiger partial charge is 0.264 e. The van der Waals surface area contributed by atoms with E-state index in [1.807, 2.05) is 59.7 Å². The Kier molecular flexibility index (Phi) is 7.40. The van der Waals surface area contributed by atoms with Gasteiger partial charge in [-0.25, -0.2) is 0 Å². The zero-order valence-corrected chi connectivity index (χ0v) is 19.6. The van der Waals surface area contributed by atoms with E-state index in [1.54, 1.807) is 0 Å². The van der Waals surface area contributed by atoms with Crippen molar-refractivity contribution in [3.05, 3.63) is 93.2 Å². The van der Waals surface area contributed by atoms with Crippen LogP contribution in [-0.2, 0) is 13.2 Å². The molecule has 1 saturated heterocycles. The number of hydrogen-bond acceptors (Lipinski definition) is 4. The summed E-state index contributed by atoms with van der Waals surface area (Å²) in [5.74, 6) is 0.986. The number of carbonyl (C=O) groups excluding carboxylic acids is 1. The van der Waals surface area contributed by atoms with Gasteiger partial charge in [0.05, 0.1) is 4.88 Å². The number of allylic oxidation sites excluding steroid dienone is 1. The maximum absolute atomic E-state index is 13.0. The number of carbonyl (C=O) groups is 1. The summed E-state index contributed by atoms with van der Waals surface area (Å²) in [6, 6.07) is 18.7. The highest BCUT2D eigenvalue weighted by Gasteiger charge is 2.23. The number of para-hydroxylation sites is 1. The van der Waals surface area contributed by atoms with Gasteiger partial charge >= 0.3 is 0 Å². The van der Waals surface area contributed by atoms with Crippen LogP contribution >= 0.6 is 11.3 Å². The highest BCUT2D eigenvalue weighted by atomic mass is 32.1. The zero-order valence-electron chi connectivity index (χ0n) is 18.8. The fourth-order valence-electron chi connectivity index (χ4n) is 3.87. The molecule has 1 aliphatic rings. The van der Waals surface area contributed by atoms with Crippen LogP contribution in [0.4, 0.5) is 0 Å². The predicted octanol–water partition coefficient (Wildman–Crippen LogP) is 5.63. The Morgan fingerprint density at radius 2 is 1.78 bits per heavy atom. The molecule has 0 unspecified atom stereocenters.